The van der Waals surface area contributed by atoms with Crippen LogP contribution in [0.2, 0.25) is 0 Å². The summed E-state index contributed by atoms with van der Waals surface area (Å²) >= 11 is 6.73. The average Bonchev–Trinajstić information content (AvgIpc) is 2.42. The maximum atomic E-state index is 11.8. The summed E-state index contributed by atoms with van der Waals surface area (Å²) in [5.41, 5.74) is 1.85. The molecular formula is C14H13Br2N3O. The highest BCUT2D eigenvalue weighted by Gasteiger charge is 2.04. The molecule has 20 heavy (non-hydrogen) atoms. The third-order valence-electron chi connectivity index (χ3n) is 2.60. The van der Waals surface area contributed by atoms with E-state index in [9.17, 15) is 4.79 Å². The minimum absolute atomic E-state index is 0.114. The van der Waals surface area contributed by atoms with E-state index >= 15 is 0 Å². The van der Waals surface area contributed by atoms with E-state index in [4.69, 9.17) is 0 Å². The van der Waals surface area contributed by atoms with Crippen molar-refractivity contribution in [3.63, 3.8) is 0 Å². The van der Waals surface area contributed by atoms with E-state index in [2.05, 4.69) is 47.5 Å². The molecule has 0 spiro atoms. The van der Waals surface area contributed by atoms with Crippen molar-refractivity contribution < 1.29 is 4.79 Å². The Morgan fingerprint density at radius 3 is 2.70 bits per heavy atom. The second-order valence-corrected chi connectivity index (χ2v) is 6.00. The molecule has 6 heteroatoms. The number of aryl methyl sites for hydroxylation is 1. The Kier molecular flexibility index (Phi) is 5.14. The van der Waals surface area contributed by atoms with E-state index in [0.29, 0.717) is 5.82 Å². The van der Waals surface area contributed by atoms with Crippen molar-refractivity contribution in [1.29, 1.82) is 0 Å². The summed E-state index contributed by atoms with van der Waals surface area (Å²) in [4.78, 5) is 16.0. The van der Waals surface area contributed by atoms with Crippen molar-refractivity contribution in [3.8, 4) is 0 Å². The Morgan fingerprint density at radius 1 is 1.25 bits per heavy atom. The number of hydrogen-bond acceptors (Lipinski definition) is 3. The van der Waals surface area contributed by atoms with Gasteiger partial charge in [0.25, 0.3) is 0 Å². The number of rotatable bonds is 4. The lowest BCUT2D eigenvalue weighted by atomic mass is 10.2. The quantitative estimate of drug-likeness (QED) is 0.819. The van der Waals surface area contributed by atoms with Gasteiger partial charge in [0.15, 0.2) is 0 Å². The third-order valence-corrected chi connectivity index (χ3v) is 3.96. The maximum Gasteiger partial charge on any atom is 0.243 e. The number of carbonyl (C=O) groups is 1. The fourth-order valence-electron chi connectivity index (χ4n) is 1.58. The number of hydrogen-bond donors (Lipinski definition) is 2. The van der Waals surface area contributed by atoms with Crippen LogP contribution in [-0.4, -0.2) is 17.4 Å². The Hall–Kier alpha value is -1.40. The molecule has 1 aromatic heterocycles. The minimum Gasteiger partial charge on any atom is -0.361 e. The zero-order valence-corrected chi connectivity index (χ0v) is 14.0. The van der Waals surface area contributed by atoms with Crippen LogP contribution in [0.5, 0.6) is 0 Å². The average molecular weight is 399 g/mol. The Balaban J connectivity index is 1.89. The van der Waals surface area contributed by atoms with Crippen molar-refractivity contribution in [1.82, 2.24) is 4.98 Å². The molecule has 0 radical (unpaired) electrons. The van der Waals surface area contributed by atoms with Crippen molar-refractivity contribution in [2.45, 2.75) is 6.92 Å². The van der Waals surface area contributed by atoms with Crippen LogP contribution in [0.4, 0.5) is 11.5 Å². The van der Waals surface area contributed by atoms with Gasteiger partial charge in [-0.3, -0.25) is 4.79 Å². The standard InChI is InChI=1S/C14H13Br2N3O/c1-9-6-11(3-4-12(9)16)19-14(20)8-18-13-5-2-10(15)7-17-13/h2-7H,8H2,1H3,(H,17,18)(H,19,20). The van der Waals surface area contributed by atoms with Gasteiger partial charge in [0.1, 0.15) is 5.82 Å². The molecule has 0 aliphatic heterocycles. The van der Waals surface area contributed by atoms with Gasteiger partial charge in [-0.1, -0.05) is 15.9 Å². The first-order valence-electron chi connectivity index (χ1n) is 5.96. The normalized spacial score (nSPS) is 10.2. The number of aromatic nitrogens is 1. The second-order valence-electron chi connectivity index (χ2n) is 4.23. The number of halogens is 2. The Labute approximate surface area is 134 Å². The number of anilines is 2. The smallest absolute Gasteiger partial charge is 0.243 e. The van der Waals surface area contributed by atoms with Gasteiger partial charge in [-0.25, -0.2) is 4.98 Å². The van der Waals surface area contributed by atoms with Crippen LogP contribution in [-0.2, 0) is 4.79 Å². The van der Waals surface area contributed by atoms with Gasteiger partial charge in [0.2, 0.25) is 5.91 Å². The van der Waals surface area contributed by atoms with E-state index < -0.39 is 0 Å². The van der Waals surface area contributed by atoms with Crippen LogP contribution in [0.15, 0.2) is 45.5 Å². The molecule has 2 aromatic rings. The van der Waals surface area contributed by atoms with Gasteiger partial charge in [0, 0.05) is 20.8 Å². The predicted octanol–water partition coefficient (Wildman–Crippen LogP) is 3.97. The Morgan fingerprint density at radius 2 is 2.05 bits per heavy atom. The van der Waals surface area contributed by atoms with Gasteiger partial charge in [0.05, 0.1) is 6.54 Å². The number of benzene rings is 1. The molecule has 2 rings (SSSR count). The molecule has 1 aromatic carbocycles. The predicted molar refractivity (Wildman–Crippen MR) is 87.9 cm³/mol. The SMILES string of the molecule is Cc1cc(NC(=O)CNc2ccc(Br)cn2)ccc1Br. The van der Waals surface area contributed by atoms with Crippen LogP contribution in [0.1, 0.15) is 5.56 Å². The molecule has 1 amide bonds. The van der Waals surface area contributed by atoms with E-state index in [-0.39, 0.29) is 12.5 Å². The van der Waals surface area contributed by atoms with E-state index in [0.717, 1.165) is 20.2 Å². The van der Waals surface area contributed by atoms with Gasteiger partial charge < -0.3 is 10.6 Å². The molecular weight excluding hydrogens is 386 g/mol. The van der Waals surface area contributed by atoms with Crippen molar-refractivity contribution in [2.24, 2.45) is 0 Å². The fourth-order valence-corrected chi connectivity index (χ4v) is 2.06. The molecule has 0 aliphatic carbocycles. The Bertz CT molecular complexity index is 614. The molecule has 2 N–H and O–H groups in total. The maximum absolute atomic E-state index is 11.8. The molecule has 0 aliphatic rings. The number of carbonyl (C=O) groups excluding carboxylic acids is 1. The number of nitrogens with one attached hydrogen (secondary N) is 2. The molecule has 104 valence electrons. The molecule has 0 bridgehead atoms. The summed E-state index contributed by atoms with van der Waals surface area (Å²) < 4.78 is 1.92. The van der Waals surface area contributed by atoms with Crippen LogP contribution in [0.3, 0.4) is 0 Å². The number of pyridine rings is 1. The lowest BCUT2D eigenvalue weighted by molar-refractivity contribution is -0.114. The first-order valence-corrected chi connectivity index (χ1v) is 7.54. The summed E-state index contributed by atoms with van der Waals surface area (Å²) in [7, 11) is 0. The summed E-state index contributed by atoms with van der Waals surface area (Å²) in [5.74, 6) is 0.548. The highest BCUT2D eigenvalue weighted by Crippen LogP contribution is 2.19. The largest absolute Gasteiger partial charge is 0.361 e. The monoisotopic (exact) mass is 397 g/mol. The van der Waals surface area contributed by atoms with Crippen molar-refractivity contribution >= 4 is 49.3 Å². The summed E-state index contributed by atoms with van der Waals surface area (Å²) in [5, 5.41) is 5.80. The van der Waals surface area contributed by atoms with E-state index in [1.54, 1.807) is 12.3 Å². The zero-order valence-electron chi connectivity index (χ0n) is 10.8. The molecule has 0 atom stereocenters. The molecule has 0 fully saturated rings. The first kappa shape index (κ1) is 15.0. The summed E-state index contributed by atoms with van der Waals surface area (Å²) in [6.45, 7) is 2.15. The van der Waals surface area contributed by atoms with Crippen LogP contribution < -0.4 is 10.6 Å². The fraction of sp³-hybridized carbons (Fsp3) is 0.143. The van der Waals surface area contributed by atoms with Gasteiger partial charge in [-0.05, 0) is 58.7 Å². The zero-order chi connectivity index (χ0) is 14.5. The number of amides is 1. The molecule has 4 nitrogen and oxygen atoms in total. The van der Waals surface area contributed by atoms with Crippen LogP contribution >= 0.6 is 31.9 Å². The van der Waals surface area contributed by atoms with E-state index in [1.165, 1.54) is 0 Å². The highest BCUT2D eigenvalue weighted by atomic mass is 79.9. The lowest BCUT2D eigenvalue weighted by Gasteiger charge is -2.08. The van der Waals surface area contributed by atoms with Gasteiger partial charge >= 0.3 is 0 Å². The topological polar surface area (TPSA) is 54.0 Å². The number of nitrogens with zero attached hydrogens (tertiary/aromatic N) is 1. The molecule has 0 saturated carbocycles. The van der Waals surface area contributed by atoms with Crippen LogP contribution in [0, 0.1) is 6.92 Å². The third kappa shape index (κ3) is 4.31. The molecule has 0 saturated heterocycles. The van der Waals surface area contributed by atoms with Crippen molar-refractivity contribution in [2.75, 3.05) is 17.2 Å². The summed E-state index contributed by atoms with van der Waals surface area (Å²) in [6.07, 6.45) is 1.68. The summed E-state index contributed by atoms with van der Waals surface area (Å²) in [6, 6.07) is 9.35. The highest BCUT2D eigenvalue weighted by molar-refractivity contribution is 9.10. The molecule has 0 unspecified atom stereocenters. The minimum atomic E-state index is -0.114. The second kappa shape index (κ2) is 6.85. The van der Waals surface area contributed by atoms with E-state index in [1.807, 2.05) is 31.2 Å². The van der Waals surface area contributed by atoms with Crippen molar-refractivity contribution in [3.05, 3.63) is 51.0 Å². The van der Waals surface area contributed by atoms with Gasteiger partial charge in [-0.2, -0.15) is 0 Å². The first-order chi connectivity index (χ1) is 9.54. The molecule has 1 heterocycles. The van der Waals surface area contributed by atoms with Gasteiger partial charge in [-0.15, -0.1) is 0 Å². The van der Waals surface area contributed by atoms with Crippen LogP contribution in [0.25, 0.3) is 0 Å². The lowest BCUT2D eigenvalue weighted by Crippen LogP contribution is -2.22.